The molecule has 0 amide bonds. The van der Waals surface area contributed by atoms with E-state index in [0.717, 1.165) is 13.1 Å². The molecule has 1 N–H and O–H groups in total. The average molecular weight is 188 g/mol. The van der Waals surface area contributed by atoms with Crippen molar-refractivity contribution in [2.24, 2.45) is 0 Å². The van der Waals surface area contributed by atoms with E-state index in [0.29, 0.717) is 6.04 Å². The number of hydrogen-bond acceptors (Lipinski definition) is 2. The van der Waals surface area contributed by atoms with Gasteiger partial charge in [-0.1, -0.05) is 42.5 Å². The summed E-state index contributed by atoms with van der Waals surface area (Å²) < 4.78 is 0. The van der Waals surface area contributed by atoms with Crippen LogP contribution in [-0.2, 0) is 0 Å². The topological polar surface area (TPSA) is 15.3 Å². The van der Waals surface area contributed by atoms with Crippen LogP contribution in [0.4, 0.5) is 0 Å². The molecule has 1 atom stereocenters. The molecule has 1 unspecified atom stereocenters. The molecule has 2 heteroatoms. The van der Waals surface area contributed by atoms with Crippen LogP contribution < -0.4 is 5.43 Å². The molecular weight excluding hydrogens is 172 g/mol. The Balaban J connectivity index is 1.92. The minimum atomic E-state index is 0.385. The predicted molar refractivity (Wildman–Crippen MR) is 58.7 cm³/mol. The molecule has 0 spiro atoms. The molecule has 2 nitrogen and oxygen atoms in total. The van der Waals surface area contributed by atoms with Gasteiger partial charge in [-0.2, -0.15) is 0 Å². The summed E-state index contributed by atoms with van der Waals surface area (Å²) >= 11 is 0. The van der Waals surface area contributed by atoms with E-state index in [4.69, 9.17) is 0 Å². The second kappa shape index (κ2) is 4.40. The molecule has 0 aromatic heterocycles. The quantitative estimate of drug-likeness (QED) is 0.731. The largest absolute Gasteiger partial charge is 0.247 e. The molecular formula is C12H16N2. The van der Waals surface area contributed by atoms with Gasteiger partial charge < -0.3 is 0 Å². The smallest absolute Gasteiger partial charge is 0.0436 e. The first-order chi connectivity index (χ1) is 6.86. The van der Waals surface area contributed by atoms with Gasteiger partial charge in [0.05, 0.1) is 0 Å². The third kappa shape index (κ3) is 2.22. The van der Waals surface area contributed by atoms with Crippen LogP contribution in [0.1, 0.15) is 18.5 Å². The zero-order valence-electron chi connectivity index (χ0n) is 8.48. The first kappa shape index (κ1) is 9.44. The number of hydrazine groups is 1. The highest BCUT2D eigenvalue weighted by Crippen LogP contribution is 2.12. The van der Waals surface area contributed by atoms with Crippen LogP contribution in [-0.4, -0.2) is 18.1 Å². The van der Waals surface area contributed by atoms with Crippen molar-refractivity contribution < 1.29 is 0 Å². The summed E-state index contributed by atoms with van der Waals surface area (Å²) in [5.41, 5.74) is 4.80. The zero-order valence-corrected chi connectivity index (χ0v) is 8.48. The molecule has 2 rings (SSSR count). The highest BCUT2D eigenvalue weighted by atomic mass is 15.5. The van der Waals surface area contributed by atoms with Crippen LogP contribution in [0.15, 0.2) is 42.5 Å². The molecule has 1 heterocycles. The van der Waals surface area contributed by atoms with E-state index < -0.39 is 0 Å². The van der Waals surface area contributed by atoms with E-state index >= 15 is 0 Å². The first-order valence-corrected chi connectivity index (χ1v) is 5.07. The lowest BCUT2D eigenvalue weighted by Crippen LogP contribution is -2.37. The fourth-order valence-electron chi connectivity index (χ4n) is 1.67. The van der Waals surface area contributed by atoms with Crippen molar-refractivity contribution in [3.63, 3.8) is 0 Å². The Morgan fingerprint density at radius 2 is 1.79 bits per heavy atom. The summed E-state index contributed by atoms with van der Waals surface area (Å²) in [5.74, 6) is 0. The molecule has 0 bridgehead atoms. The molecule has 1 aliphatic heterocycles. The predicted octanol–water partition coefficient (Wildman–Crippen LogP) is 2.12. The molecule has 0 radical (unpaired) electrons. The van der Waals surface area contributed by atoms with Gasteiger partial charge in [0.1, 0.15) is 0 Å². The average Bonchev–Trinajstić information content (AvgIpc) is 2.72. The van der Waals surface area contributed by atoms with Crippen LogP contribution in [0.25, 0.3) is 0 Å². The summed E-state index contributed by atoms with van der Waals surface area (Å²) in [4.78, 5) is 0. The molecule has 0 saturated heterocycles. The van der Waals surface area contributed by atoms with E-state index in [2.05, 4.69) is 53.8 Å². The Kier molecular flexibility index (Phi) is 2.96. The van der Waals surface area contributed by atoms with Gasteiger partial charge in [0, 0.05) is 19.1 Å². The Bertz CT molecular complexity index is 297. The van der Waals surface area contributed by atoms with E-state index in [-0.39, 0.29) is 0 Å². The van der Waals surface area contributed by atoms with Crippen molar-refractivity contribution in [2.45, 2.75) is 13.0 Å². The SMILES string of the molecule is CC(NN1CC=CC1)c1ccccc1. The Labute approximate surface area is 85.2 Å². The monoisotopic (exact) mass is 188 g/mol. The second-order valence-electron chi connectivity index (χ2n) is 3.64. The normalized spacial score (nSPS) is 18.6. The van der Waals surface area contributed by atoms with E-state index in [1.165, 1.54) is 5.56 Å². The van der Waals surface area contributed by atoms with E-state index in [1.54, 1.807) is 0 Å². The van der Waals surface area contributed by atoms with Crippen molar-refractivity contribution in [1.29, 1.82) is 0 Å². The van der Waals surface area contributed by atoms with Gasteiger partial charge in [0.15, 0.2) is 0 Å². The summed E-state index contributed by atoms with van der Waals surface area (Å²) in [6.45, 7) is 4.21. The minimum Gasteiger partial charge on any atom is -0.247 e. The zero-order chi connectivity index (χ0) is 9.80. The molecule has 0 fully saturated rings. The van der Waals surface area contributed by atoms with Crippen molar-refractivity contribution in [3.8, 4) is 0 Å². The summed E-state index contributed by atoms with van der Waals surface area (Å²) in [5, 5.41) is 2.22. The van der Waals surface area contributed by atoms with Gasteiger partial charge in [-0.3, -0.25) is 0 Å². The van der Waals surface area contributed by atoms with Gasteiger partial charge in [-0.25, -0.2) is 10.4 Å². The molecule has 1 aromatic carbocycles. The molecule has 1 aromatic rings. The Morgan fingerprint density at radius 1 is 1.14 bits per heavy atom. The van der Waals surface area contributed by atoms with Crippen LogP contribution in [0.5, 0.6) is 0 Å². The fourth-order valence-corrected chi connectivity index (χ4v) is 1.67. The summed E-state index contributed by atoms with van der Waals surface area (Å²) in [7, 11) is 0. The summed E-state index contributed by atoms with van der Waals surface area (Å²) in [6, 6.07) is 10.9. The van der Waals surface area contributed by atoms with Crippen LogP contribution in [0.3, 0.4) is 0 Å². The molecule has 1 aliphatic rings. The van der Waals surface area contributed by atoms with Crippen LogP contribution in [0.2, 0.25) is 0 Å². The van der Waals surface area contributed by atoms with E-state index in [1.807, 2.05) is 6.07 Å². The molecule has 74 valence electrons. The lowest BCUT2D eigenvalue weighted by Gasteiger charge is -2.22. The second-order valence-corrected chi connectivity index (χ2v) is 3.64. The molecule has 0 aliphatic carbocycles. The first-order valence-electron chi connectivity index (χ1n) is 5.07. The third-order valence-corrected chi connectivity index (χ3v) is 2.49. The van der Waals surface area contributed by atoms with Gasteiger partial charge in [0.2, 0.25) is 0 Å². The third-order valence-electron chi connectivity index (χ3n) is 2.49. The maximum atomic E-state index is 3.47. The van der Waals surface area contributed by atoms with Crippen molar-refractivity contribution in [1.82, 2.24) is 10.4 Å². The highest BCUT2D eigenvalue weighted by molar-refractivity contribution is 5.18. The molecule has 14 heavy (non-hydrogen) atoms. The van der Waals surface area contributed by atoms with E-state index in [9.17, 15) is 0 Å². The highest BCUT2D eigenvalue weighted by Gasteiger charge is 2.10. The standard InChI is InChI=1S/C12H16N2/c1-11(12-7-3-2-4-8-12)13-14-9-5-6-10-14/h2-8,11,13H,9-10H2,1H3. The number of hydrogen-bond donors (Lipinski definition) is 1. The lowest BCUT2D eigenvalue weighted by molar-refractivity contribution is 0.214. The van der Waals surface area contributed by atoms with Gasteiger partial charge in [-0.05, 0) is 12.5 Å². The number of benzene rings is 1. The minimum absolute atomic E-state index is 0.385. The molecule has 0 saturated carbocycles. The Hall–Kier alpha value is -1.12. The maximum absolute atomic E-state index is 3.47. The van der Waals surface area contributed by atoms with Gasteiger partial charge >= 0.3 is 0 Å². The van der Waals surface area contributed by atoms with Crippen LogP contribution in [0, 0.1) is 0 Å². The van der Waals surface area contributed by atoms with Crippen molar-refractivity contribution in [2.75, 3.05) is 13.1 Å². The van der Waals surface area contributed by atoms with Gasteiger partial charge in [0.25, 0.3) is 0 Å². The maximum Gasteiger partial charge on any atom is 0.0436 e. The van der Waals surface area contributed by atoms with Crippen molar-refractivity contribution >= 4 is 0 Å². The van der Waals surface area contributed by atoms with Crippen molar-refractivity contribution in [3.05, 3.63) is 48.0 Å². The summed E-state index contributed by atoms with van der Waals surface area (Å²) in [6.07, 6.45) is 4.37. The lowest BCUT2D eigenvalue weighted by atomic mass is 10.1. The van der Waals surface area contributed by atoms with Gasteiger partial charge in [-0.15, -0.1) is 0 Å². The number of rotatable bonds is 3. The Morgan fingerprint density at radius 3 is 2.43 bits per heavy atom. The number of nitrogens with one attached hydrogen (secondary N) is 1. The fraction of sp³-hybridized carbons (Fsp3) is 0.333. The number of nitrogens with zero attached hydrogens (tertiary/aromatic N) is 1. The van der Waals surface area contributed by atoms with Crippen LogP contribution >= 0.6 is 0 Å².